The summed E-state index contributed by atoms with van der Waals surface area (Å²) in [6, 6.07) is 9.65. The number of hydrogen-bond acceptors (Lipinski definition) is 7. The zero-order valence-corrected chi connectivity index (χ0v) is 36.4. The Kier molecular flexibility index (Phi) is 8.54. The Balaban J connectivity index is 0.872. The molecule has 3 aromatic rings. The fraction of sp³-hybridized carbons (Fsp3) is 0.593. The summed E-state index contributed by atoms with van der Waals surface area (Å²) in [5.74, 6) is 1.78. The van der Waals surface area contributed by atoms with Crippen LogP contribution >= 0.6 is 11.3 Å². The van der Waals surface area contributed by atoms with Crippen LogP contribution < -0.4 is 0 Å². The predicted molar refractivity (Wildman–Crippen MR) is 243 cm³/mol. The lowest BCUT2D eigenvalue weighted by Gasteiger charge is -2.39. The van der Waals surface area contributed by atoms with Gasteiger partial charge in [0, 0.05) is 54.7 Å². The Labute approximate surface area is 363 Å². The van der Waals surface area contributed by atoms with E-state index in [0.717, 1.165) is 88.4 Å². The summed E-state index contributed by atoms with van der Waals surface area (Å²) in [7, 11) is 0. The topological polar surface area (TPSA) is 93.0 Å². The van der Waals surface area contributed by atoms with Gasteiger partial charge in [-0.2, -0.15) is 0 Å². The predicted octanol–water partition coefficient (Wildman–Crippen LogP) is 12.0. The van der Waals surface area contributed by atoms with Crippen molar-refractivity contribution in [3.63, 3.8) is 0 Å². The zero-order chi connectivity index (χ0) is 40.8. The second-order valence-electron chi connectivity index (χ2n) is 21.7. The Morgan fingerprint density at radius 3 is 1.13 bits per heavy atom. The van der Waals surface area contributed by atoms with E-state index < -0.39 is 0 Å². The molecule has 7 heteroatoms. The maximum Gasteiger partial charge on any atom is 0.188 e. The normalized spacial score (nSPS) is 34.6. The third kappa shape index (κ3) is 5.43. The van der Waals surface area contributed by atoms with E-state index >= 15 is 0 Å². The number of Topliss-reactive ketones (excluding diaryl/α,β-unsaturated/α-hetero) is 4. The van der Waals surface area contributed by atoms with Crippen molar-refractivity contribution in [1.82, 2.24) is 0 Å². The maximum absolute atomic E-state index is 14.1. The van der Waals surface area contributed by atoms with Crippen molar-refractivity contribution in [2.75, 3.05) is 0 Å². The molecular weight excluding hydrogens is 773 g/mol. The summed E-state index contributed by atoms with van der Waals surface area (Å²) in [4.78, 5) is 66.9. The Morgan fingerprint density at radius 2 is 0.787 bits per heavy atom. The highest BCUT2D eigenvalue weighted by Gasteiger charge is 2.55. The Morgan fingerprint density at radius 1 is 0.443 bits per heavy atom. The van der Waals surface area contributed by atoms with Crippen molar-refractivity contribution in [3.8, 4) is 0 Å². The first kappa shape index (κ1) is 37.7. The number of thiophene rings is 1. The monoisotopic (exact) mass is 830 g/mol. The Bertz CT molecular complexity index is 2360. The van der Waals surface area contributed by atoms with Crippen molar-refractivity contribution < 1.29 is 19.2 Å². The van der Waals surface area contributed by atoms with E-state index in [1.807, 2.05) is 11.3 Å². The van der Waals surface area contributed by atoms with Crippen LogP contribution in [0.3, 0.4) is 0 Å². The summed E-state index contributed by atoms with van der Waals surface area (Å²) in [6.07, 6.45) is 28.6. The number of carbonyl (C=O) groups is 4. The fourth-order valence-electron chi connectivity index (χ4n) is 15.8. The number of benzene rings is 2. The summed E-state index contributed by atoms with van der Waals surface area (Å²) >= 11 is 1.83. The number of allylic oxidation sites excluding steroid dienone is 2. The van der Waals surface area contributed by atoms with Gasteiger partial charge in [-0.25, -0.2) is 9.98 Å². The van der Waals surface area contributed by atoms with Crippen molar-refractivity contribution in [2.24, 2.45) is 57.3 Å². The summed E-state index contributed by atoms with van der Waals surface area (Å²) in [6.45, 7) is 0. The van der Waals surface area contributed by atoms with Crippen molar-refractivity contribution in [1.29, 1.82) is 0 Å². The summed E-state index contributed by atoms with van der Waals surface area (Å²) < 4.78 is 2.50. The minimum absolute atomic E-state index is 0.0233. The van der Waals surface area contributed by atoms with Gasteiger partial charge in [0.2, 0.25) is 0 Å². The molecule has 2 spiro atoms. The van der Waals surface area contributed by atoms with Gasteiger partial charge in [0.1, 0.15) is 11.4 Å². The lowest BCUT2D eigenvalue weighted by Crippen LogP contribution is -2.35. The molecule has 61 heavy (non-hydrogen) atoms. The Hall–Kier alpha value is -3.84. The molecule has 10 aliphatic carbocycles. The number of aliphatic imine (C=N–C) groups is 2. The van der Waals surface area contributed by atoms with Crippen LogP contribution in [0.1, 0.15) is 164 Å². The first-order valence-corrected chi connectivity index (χ1v) is 25.5. The van der Waals surface area contributed by atoms with E-state index in [1.54, 1.807) is 0 Å². The molecule has 1 heterocycles. The van der Waals surface area contributed by atoms with Crippen LogP contribution in [0.15, 0.2) is 45.6 Å². The summed E-state index contributed by atoms with van der Waals surface area (Å²) in [5, 5.41) is 2.54. The van der Waals surface area contributed by atoms with Gasteiger partial charge in [-0.05, 0) is 134 Å². The van der Waals surface area contributed by atoms with E-state index in [4.69, 9.17) is 9.98 Å². The molecule has 1 aromatic heterocycles. The fourth-order valence-corrected chi connectivity index (χ4v) is 17.0. The van der Waals surface area contributed by atoms with Crippen molar-refractivity contribution >= 4 is 78.2 Å². The minimum Gasteiger partial charge on any atom is -0.292 e. The number of fused-ring (bicyclic) bond motifs is 11. The molecular formula is C54H58N2O4S. The van der Waals surface area contributed by atoms with E-state index in [0.29, 0.717) is 23.7 Å². The standard InChI is InChI=1S/C54H58N2O4S/c57-49-37-19-29-11-3-4-12-30(29)20-38(37)50(58)47(49)55-45-25-33-23-43-35(27-41(33)53(45)15-7-1-8-16-53)36-28-42-34(24-44(36)61-43)26-46(54(42)17-9-2-10-18-54)56-48-51(59)39-21-31-13-5-6-14-32(31)22-40(39)52(48)60/h23-32,37-40H,1-22H2. The minimum atomic E-state index is -0.285. The average molecular weight is 831 g/mol. The van der Waals surface area contributed by atoms with Gasteiger partial charge in [-0.15, -0.1) is 11.3 Å². The van der Waals surface area contributed by atoms with Crippen molar-refractivity contribution in [2.45, 2.75) is 152 Å². The SMILES string of the molecule is O=C1C(=NC2=Cc3cc4sc5cc6c(cc5c4cc3C23CCCCC3)C2(CCCCC2)C(N=C2C(=O)C3CC4CCCCC4CC3C2=O)=C6)C(=O)C2CC3CCCCC3CC12. The molecule has 0 N–H and O–H groups in total. The molecule has 6 nitrogen and oxygen atoms in total. The zero-order valence-electron chi connectivity index (χ0n) is 35.6. The second-order valence-corrected chi connectivity index (χ2v) is 22.8. The number of hydrogen-bond donors (Lipinski definition) is 0. The van der Waals surface area contributed by atoms with Crippen LogP contribution in [-0.2, 0) is 30.0 Å². The summed E-state index contributed by atoms with van der Waals surface area (Å²) in [5.41, 5.74) is 6.85. The molecule has 8 unspecified atom stereocenters. The maximum atomic E-state index is 14.1. The molecule has 0 amide bonds. The first-order chi connectivity index (χ1) is 29.8. The van der Waals surface area contributed by atoms with E-state index in [9.17, 15) is 19.2 Å². The highest BCUT2D eigenvalue weighted by atomic mass is 32.1. The van der Waals surface area contributed by atoms with E-state index in [2.05, 4.69) is 36.4 Å². The third-order valence-corrected chi connectivity index (χ3v) is 20.0. The smallest absolute Gasteiger partial charge is 0.188 e. The van der Waals surface area contributed by atoms with Gasteiger partial charge in [-0.1, -0.05) is 89.9 Å². The average Bonchev–Trinajstić information content (AvgIpc) is 4.00. The van der Waals surface area contributed by atoms with E-state index in [1.165, 1.54) is 107 Å². The lowest BCUT2D eigenvalue weighted by atomic mass is 9.64. The van der Waals surface area contributed by atoms with Gasteiger partial charge >= 0.3 is 0 Å². The number of ketones is 4. The molecule has 314 valence electrons. The first-order valence-electron chi connectivity index (χ1n) is 24.6. The quantitative estimate of drug-likeness (QED) is 0.257. The molecule has 10 aliphatic rings. The number of rotatable bonds is 2. The molecule has 0 aliphatic heterocycles. The number of nitrogens with zero attached hydrogens (tertiary/aromatic N) is 2. The molecule has 13 rings (SSSR count). The lowest BCUT2D eigenvalue weighted by molar-refractivity contribution is -0.123. The molecule has 0 saturated heterocycles. The largest absolute Gasteiger partial charge is 0.292 e. The van der Waals surface area contributed by atoms with Gasteiger partial charge in [0.05, 0.1) is 11.4 Å². The van der Waals surface area contributed by atoms with Gasteiger partial charge < -0.3 is 0 Å². The molecule has 8 saturated carbocycles. The van der Waals surface area contributed by atoms with Gasteiger partial charge in [-0.3, -0.25) is 19.2 Å². The van der Waals surface area contributed by atoms with Crippen molar-refractivity contribution in [3.05, 3.63) is 57.9 Å². The van der Waals surface area contributed by atoms with Crippen LogP contribution in [0.25, 0.3) is 32.3 Å². The van der Waals surface area contributed by atoms with Crippen LogP contribution in [0, 0.1) is 47.3 Å². The van der Waals surface area contributed by atoms with Crippen LogP contribution in [0.5, 0.6) is 0 Å². The molecule has 8 atom stereocenters. The van der Waals surface area contributed by atoms with Gasteiger partial charge in [0.15, 0.2) is 23.1 Å². The van der Waals surface area contributed by atoms with Crippen LogP contribution in [-0.4, -0.2) is 34.6 Å². The third-order valence-electron chi connectivity index (χ3n) is 18.9. The molecule has 0 radical (unpaired) electrons. The van der Waals surface area contributed by atoms with Crippen LogP contribution in [0.4, 0.5) is 0 Å². The van der Waals surface area contributed by atoms with E-state index in [-0.39, 0.29) is 69.1 Å². The van der Waals surface area contributed by atoms with Gasteiger partial charge in [0.25, 0.3) is 0 Å². The molecule has 8 fully saturated rings. The molecule has 2 aromatic carbocycles. The number of carbonyl (C=O) groups excluding carboxylic acids is 4. The highest BCUT2D eigenvalue weighted by Crippen LogP contribution is 2.58. The molecule has 0 bridgehead atoms. The highest BCUT2D eigenvalue weighted by molar-refractivity contribution is 7.25. The second kappa shape index (κ2) is 13.8. The van der Waals surface area contributed by atoms with Crippen LogP contribution in [0.2, 0.25) is 0 Å².